The molecule has 0 saturated heterocycles. The summed E-state index contributed by atoms with van der Waals surface area (Å²) in [5.41, 5.74) is 5.59. The Kier molecular flexibility index (Phi) is 5.95. The molecule has 0 aliphatic carbocycles. The van der Waals surface area contributed by atoms with Gasteiger partial charge in [0, 0.05) is 12.7 Å². The molecule has 84 valence electrons. The van der Waals surface area contributed by atoms with Crippen molar-refractivity contribution >= 4 is 15.6 Å². The molecule has 0 radical (unpaired) electrons. The van der Waals surface area contributed by atoms with E-state index in [2.05, 4.69) is 0 Å². The summed E-state index contributed by atoms with van der Waals surface area (Å²) in [6.07, 6.45) is 3.72. The minimum Gasteiger partial charge on any atom is -0.322 e. The summed E-state index contributed by atoms with van der Waals surface area (Å²) in [4.78, 5) is 11.3. The summed E-state index contributed by atoms with van der Waals surface area (Å²) < 4.78 is 21.6. The van der Waals surface area contributed by atoms with Gasteiger partial charge in [-0.25, -0.2) is 8.42 Å². The molecule has 1 atom stereocenters. The van der Waals surface area contributed by atoms with E-state index >= 15 is 0 Å². The van der Waals surface area contributed by atoms with Crippen molar-refractivity contribution in [3.63, 3.8) is 0 Å². The molecule has 0 aliphatic rings. The van der Waals surface area contributed by atoms with Crippen molar-refractivity contribution in [1.82, 2.24) is 0 Å². The van der Waals surface area contributed by atoms with Crippen molar-refractivity contribution in [2.75, 3.05) is 12.0 Å². The van der Waals surface area contributed by atoms with E-state index in [-0.39, 0.29) is 18.0 Å². The van der Waals surface area contributed by atoms with Crippen LogP contribution in [-0.2, 0) is 14.6 Å². The Bertz CT molecular complexity index is 272. The number of nitrogens with two attached hydrogens (primary N) is 1. The maximum Gasteiger partial charge on any atom is 0.150 e. The van der Waals surface area contributed by atoms with Gasteiger partial charge >= 0.3 is 0 Å². The van der Waals surface area contributed by atoms with Gasteiger partial charge < -0.3 is 5.73 Å². The maximum absolute atomic E-state index is 11.3. The topological polar surface area (TPSA) is 77.2 Å². The average molecular weight is 221 g/mol. The lowest BCUT2D eigenvalue weighted by molar-refractivity contribution is -0.120. The fourth-order valence-corrected chi connectivity index (χ4v) is 1.63. The predicted octanol–water partition coefficient (Wildman–Crippen LogP) is 0.508. The summed E-state index contributed by atoms with van der Waals surface area (Å²) in [6.45, 7) is 2.02. The number of Topliss-reactive ketones (excluding diaryl/α,β-unsaturated/α-hetero) is 1. The first-order valence-corrected chi connectivity index (χ1v) is 6.89. The van der Waals surface area contributed by atoms with Crippen LogP contribution in [0.5, 0.6) is 0 Å². The number of sulfone groups is 1. The standard InChI is InChI=1S/C9H19NO3S/c1-3-4-5-8(10)9(11)6-7-14(2,12)13/h8H,3-7,10H2,1-2H3. The summed E-state index contributed by atoms with van der Waals surface area (Å²) in [7, 11) is -3.05. The minimum absolute atomic E-state index is 0.0454. The number of carbonyl (C=O) groups is 1. The van der Waals surface area contributed by atoms with Gasteiger partial charge in [0.1, 0.15) is 9.84 Å². The maximum atomic E-state index is 11.3. The van der Waals surface area contributed by atoms with E-state index in [0.29, 0.717) is 6.42 Å². The first kappa shape index (κ1) is 13.6. The second kappa shape index (κ2) is 6.14. The van der Waals surface area contributed by atoms with E-state index in [1.165, 1.54) is 0 Å². The van der Waals surface area contributed by atoms with E-state index in [1.54, 1.807) is 0 Å². The highest BCUT2D eigenvalue weighted by molar-refractivity contribution is 7.90. The molecule has 0 aromatic rings. The first-order chi connectivity index (χ1) is 6.37. The van der Waals surface area contributed by atoms with Crippen LogP contribution in [0.4, 0.5) is 0 Å². The van der Waals surface area contributed by atoms with Crippen LogP contribution < -0.4 is 5.73 Å². The highest BCUT2D eigenvalue weighted by Crippen LogP contribution is 2.02. The van der Waals surface area contributed by atoms with E-state index in [1.807, 2.05) is 6.92 Å². The first-order valence-electron chi connectivity index (χ1n) is 4.83. The molecule has 0 heterocycles. The molecule has 5 heteroatoms. The van der Waals surface area contributed by atoms with Gasteiger partial charge in [0.05, 0.1) is 11.8 Å². The third-order valence-corrected chi connectivity index (χ3v) is 2.95. The largest absolute Gasteiger partial charge is 0.322 e. The number of ketones is 1. The van der Waals surface area contributed by atoms with E-state index in [4.69, 9.17) is 5.73 Å². The molecule has 0 fully saturated rings. The highest BCUT2D eigenvalue weighted by atomic mass is 32.2. The number of hydrogen-bond acceptors (Lipinski definition) is 4. The SMILES string of the molecule is CCCCC(N)C(=O)CCS(C)(=O)=O. The molecule has 1 unspecified atom stereocenters. The van der Waals surface area contributed by atoms with Crippen LogP contribution in [0.25, 0.3) is 0 Å². The monoisotopic (exact) mass is 221 g/mol. The molecule has 0 amide bonds. The molecule has 0 saturated carbocycles. The highest BCUT2D eigenvalue weighted by Gasteiger charge is 2.14. The van der Waals surface area contributed by atoms with Crippen molar-refractivity contribution in [2.24, 2.45) is 5.73 Å². The van der Waals surface area contributed by atoms with Gasteiger partial charge in [-0.3, -0.25) is 4.79 Å². The molecule has 4 nitrogen and oxygen atoms in total. The lowest BCUT2D eigenvalue weighted by Gasteiger charge is -2.08. The van der Waals surface area contributed by atoms with Crippen molar-refractivity contribution in [1.29, 1.82) is 0 Å². The number of rotatable bonds is 7. The van der Waals surface area contributed by atoms with Crippen LogP contribution in [0.1, 0.15) is 32.6 Å². The normalized spacial score (nSPS) is 13.9. The molecule has 0 spiro atoms. The molecule has 0 rings (SSSR count). The Morgan fingerprint density at radius 2 is 2.00 bits per heavy atom. The smallest absolute Gasteiger partial charge is 0.150 e. The molecule has 0 aliphatic heterocycles. The summed E-state index contributed by atoms with van der Waals surface area (Å²) in [6, 6.07) is -0.489. The molecular weight excluding hydrogens is 202 g/mol. The lowest BCUT2D eigenvalue weighted by atomic mass is 10.1. The quantitative estimate of drug-likeness (QED) is 0.679. The van der Waals surface area contributed by atoms with Gasteiger partial charge in [0.25, 0.3) is 0 Å². The zero-order chi connectivity index (χ0) is 11.2. The third kappa shape index (κ3) is 7.03. The Morgan fingerprint density at radius 3 is 2.43 bits per heavy atom. The fraction of sp³-hybridized carbons (Fsp3) is 0.889. The Labute approximate surface area is 85.8 Å². The number of carbonyl (C=O) groups excluding carboxylic acids is 1. The minimum atomic E-state index is -3.05. The van der Waals surface area contributed by atoms with Crippen LogP contribution in [0.2, 0.25) is 0 Å². The predicted molar refractivity (Wildman–Crippen MR) is 56.8 cm³/mol. The van der Waals surface area contributed by atoms with Crippen molar-refractivity contribution < 1.29 is 13.2 Å². The Hall–Kier alpha value is -0.420. The van der Waals surface area contributed by atoms with Gasteiger partial charge in [-0.05, 0) is 6.42 Å². The summed E-state index contributed by atoms with van der Waals surface area (Å²) >= 11 is 0. The Balaban J connectivity index is 3.84. The molecule has 0 aromatic heterocycles. The zero-order valence-corrected chi connectivity index (χ0v) is 9.64. The second-order valence-corrected chi connectivity index (χ2v) is 5.85. The third-order valence-electron chi connectivity index (χ3n) is 2.00. The van der Waals surface area contributed by atoms with Crippen LogP contribution in [-0.4, -0.2) is 32.3 Å². The molecule has 14 heavy (non-hydrogen) atoms. The lowest BCUT2D eigenvalue weighted by Crippen LogP contribution is -2.31. The number of unbranched alkanes of at least 4 members (excludes halogenated alkanes) is 1. The number of hydrogen-bond donors (Lipinski definition) is 1. The fourth-order valence-electron chi connectivity index (χ4n) is 1.06. The van der Waals surface area contributed by atoms with Gasteiger partial charge in [-0.1, -0.05) is 19.8 Å². The van der Waals surface area contributed by atoms with E-state index in [0.717, 1.165) is 19.1 Å². The summed E-state index contributed by atoms with van der Waals surface area (Å²) in [5, 5.41) is 0. The van der Waals surface area contributed by atoms with E-state index < -0.39 is 15.9 Å². The van der Waals surface area contributed by atoms with Crippen LogP contribution in [0.15, 0.2) is 0 Å². The second-order valence-electron chi connectivity index (χ2n) is 3.59. The molecular formula is C9H19NO3S. The van der Waals surface area contributed by atoms with Gasteiger partial charge in [0.15, 0.2) is 5.78 Å². The van der Waals surface area contributed by atoms with Crippen molar-refractivity contribution in [3.05, 3.63) is 0 Å². The Morgan fingerprint density at radius 1 is 1.43 bits per heavy atom. The average Bonchev–Trinajstić information content (AvgIpc) is 2.09. The summed E-state index contributed by atoms with van der Waals surface area (Å²) in [5.74, 6) is -0.241. The molecule has 2 N–H and O–H groups in total. The van der Waals surface area contributed by atoms with Crippen molar-refractivity contribution in [3.8, 4) is 0 Å². The van der Waals surface area contributed by atoms with Crippen LogP contribution >= 0.6 is 0 Å². The van der Waals surface area contributed by atoms with Crippen LogP contribution in [0.3, 0.4) is 0 Å². The van der Waals surface area contributed by atoms with Crippen LogP contribution in [0, 0.1) is 0 Å². The van der Waals surface area contributed by atoms with Crippen molar-refractivity contribution in [2.45, 2.75) is 38.6 Å². The van der Waals surface area contributed by atoms with Gasteiger partial charge in [0.2, 0.25) is 0 Å². The molecule has 0 aromatic carbocycles. The van der Waals surface area contributed by atoms with E-state index in [9.17, 15) is 13.2 Å². The van der Waals surface area contributed by atoms with Gasteiger partial charge in [-0.15, -0.1) is 0 Å². The zero-order valence-electron chi connectivity index (χ0n) is 8.82. The molecule has 0 bridgehead atoms. The van der Waals surface area contributed by atoms with Gasteiger partial charge in [-0.2, -0.15) is 0 Å².